The van der Waals surface area contributed by atoms with Gasteiger partial charge in [-0.25, -0.2) is 0 Å². The van der Waals surface area contributed by atoms with E-state index < -0.39 is 18.5 Å². The van der Waals surface area contributed by atoms with Gasteiger partial charge in [-0.3, -0.25) is 9.69 Å². The van der Waals surface area contributed by atoms with Crippen molar-refractivity contribution in [3.63, 3.8) is 0 Å². The topological polar surface area (TPSA) is 122 Å². The van der Waals surface area contributed by atoms with Gasteiger partial charge >= 0.3 is 59.1 Å². The number of hydrogen-bond donors (Lipinski definition) is 1. The molecule has 1 N–H and O–H groups in total. The van der Waals surface area contributed by atoms with E-state index in [1.165, 1.54) is 69.1 Å². The zero-order chi connectivity index (χ0) is 23.9. The molecule has 10 heteroatoms. The Morgan fingerprint density at radius 3 is 1.71 bits per heavy atom. The monoisotopic (exact) mass is 502 g/mol. The SMILES string of the molecule is CCCCCCCCCCCCCCCC(=O)NCCN(CCOCC(=O)[O-])CC(=O)[O-].[Na+].[Na+]. The number of unbranched alkanes of at least 4 members (excludes halogenated alkanes) is 12. The van der Waals surface area contributed by atoms with Crippen LogP contribution < -0.4 is 74.6 Å². The minimum atomic E-state index is -1.32. The molecule has 188 valence electrons. The molecule has 0 saturated heterocycles. The summed E-state index contributed by atoms with van der Waals surface area (Å²) in [7, 11) is 0. The van der Waals surface area contributed by atoms with Crippen LogP contribution in [-0.2, 0) is 19.1 Å². The van der Waals surface area contributed by atoms with Gasteiger partial charge in [-0.1, -0.05) is 84.0 Å². The summed E-state index contributed by atoms with van der Waals surface area (Å²) >= 11 is 0. The summed E-state index contributed by atoms with van der Waals surface area (Å²) in [6.07, 6.45) is 16.9. The normalized spacial score (nSPS) is 10.4. The predicted octanol–water partition coefficient (Wildman–Crippen LogP) is -4.59. The molecule has 0 aliphatic carbocycles. The van der Waals surface area contributed by atoms with Gasteiger partial charge in [0.15, 0.2) is 0 Å². The van der Waals surface area contributed by atoms with Crippen LogP contribution in [-0.4, -0.2) is 62.1 Å². The van der Waals surface area contributed by atoms with E-state index in [0.29, 0.717) is 19.5 Å². The Kier molecular flexibility index (Phi) is 33.8. The van der Waals surface area contributed by atoms with Crippen molar-refractivity contribution in [3.8, 4) is 0 Å². The first-order valence-corrected chi connectivity index (χ1v) is 12.4. The van der Waals surface area contributed by atoms with Gasteiger partial charge in [0.25, 0.3) is 0 Å². The van der Waals surface area contributed by atoms with Crippen LogP contribution in [0.4, 0.5) is 0 Å². The first-order valence-electron chi connectivity index (χ1n) is 12.4. The molecule has 0 rings (SSSR count). The number of carboxylic acid groups (broad SMARTS) is 2. The molecule has 0 aliphatic heterocycles. The zero-order valence-corrected chi connectivity index (χ0v) is 26.0. The number of carboxylic acids is 2. The van der Waals surface area contributed by atoms with Gasteiger partial charge in [0.2, 0.25) is 5.91 Å². The number of nitrogens with one attached hydrogen (secondary N) is 1. The maximum atomic E-state index is 11.9. The van der Waals surface area contributed by atoms with Crippen LogP contribution in [0.3, 0.4) is 0 Å². The van der Waals surface area contributed by atoms with Crippen molar-refractivity contribution in [3.05, 3.63) is 0 Å². The second kappa shape index (κ2) is 29.6. The fourth-order valence-corrected chi connectivity index (χ4v) is 3.55. The van der Waals surface area contributed by atoms with Crippen LogP contribution in [0.2, 0.25) is 0 Å². The molecule has 0 unspecified atom stereocenters. The van der Waals surface area contributed by atoms with E-state index in [4.69, 9.17) is 4.74 Å². The number of carbonyl (C=O) groups excluding carboxylic acids is 3. The molecule has 0 aromatic carbocycles. The molecule has 1 amide bonds. The molecule has 34 heavy (non-hydrogen) atoms. The maximum Gasteiger partial charge on any atom is 1.00 e. The Hall–Kier alpha value is 0.330. The van der Waals surface area contributed by atoms with Crippen LogP contribution >= 0.6 is 0 Å². The molecule has 0 aromatic heterocycles. The third-order valence-electron chi connectivity index (χ3n) is 5.38. The molecule has 0 fully saturated rings. The third kappa shape index (κ3) is 30.4. The van der Waals surface area contributed by atoms with Gasteiger partial charge in [-0.05, 0) is 6.42 Å². The fourth-order valence-electron chi connectivity index (χ4n) is 3.55. The number of ether oxygens (including phenoxy) is 1. The van der Waals surface area contributed by atoms with Crippen LogP contribution in [0.1, 0.15) is 96.8 Å². The van der Waals surface area contributed by atoms with Crippen LogP contribution in [0.5, 0.6) is 0 Å². The smallest absolute Gasteiger partial charge is 0.549 e. The van der Waals surface area contributed by atoms with E-state index in [2.05, 4.69) is 12.2 Å². The molecular weight excluding hydrogens is 458 g/mol. The molecule has 8 nitrogen and oxygen atoms in total. The Balaban J connectivity index is -0.00000480. The van der Waals surface area contributed by atoms with Gasteiger partial charge in [0.05, 0.1) is 25.2 Å². The Labute approximate surface area is 250 Å². The number of rotatable bonds is 24. The molecule has 0 aliphatic rings. The first-order chi connectivity index (χ1) is 15.5. The quantitative estimate of drug-likeness (QED) is 0.104. The van der Waals surface area contributed by atoms with Gasteiger partial charge in [0.1, 0.15) is 0 Å². The standard InChI is InChI=1S/C24H46N2O6.2Na/c1-2-3-4-5-6-7-8-9-10-11-12-13-14-15-22(27)25-16-17-26(20-23(28)29)18-19-32-21-24(30)31;;/h2-21H2,1H3,(H,25,27)(H,28,29)(H,30,31);;/q;2*+1/p-2. The van der Waals surface area contributed by atoms with E-state index >= 15 is 0 Å². The van der Waals surface area contributed by atoms with Gasteiger partial charge < -0.3 is 29.9 Å². The number of hydrogen-bond acceptors (Lipinski definition) is 7. The van der Waals surface area contributed by atoms with Crippen molar-refractivity contribution < 1.29 is 88.4 Å². The number of aliphatic carboxylic acids is 2. The largest absolute Gasteiger partial charge is 1.00 e. The number of amides is 1. The van der Waals surface area contributed by atoms with Gasteiger partial charge in [-0.15, -0.1) is 0 Å². The molecular formula is C24H44N2Na2O6. The molecule has 0 heterocycles. The van der Waals surface area contributed by atoms with Crippen molar-refractivity contribution in [2.24, 2.45) is 0 Å². The van der Waals surface area contributed by atoms with Crippen molar-refractivity contribution in [2.45, 2.75) is 96.8 Å². The Bertz CT molecular complexity index is 498. The summed E-state index contributed by atoms with van der Waals surface area (Å²) in [4.78, 5) is 34.6. The summed E-state index contributed by atoms with van der Waals surface area (Å²) in [5, 5.41) is 23.9. The van der Waals surface area contributed by atoms with E-state index in [1.807, 2.05) is 0 Å². The minimum absolute atomic E-state index is 0. The Morgan fingerprint density at radius 1 is 0.735 bits per heavy atom. The van der Waals surface area contributed by atoms with Crippen molar-refractivity contribution in [2.75, 3.05) is 39.4 Å². The van der Waals surface area contributed by atoms with E-state index in [-0.39, 0.29) is 84.7 Å². The zero-order valence-electron chi connectivity index (χ0n) is 22.0. The van der Waals surface area contributed by atoms with Crippen molar-refractivity contribution >= 4 is 17.8 Å². The van der Waals surface area contributed by atoms with Crippen LogP contribution in [0.25, 0.3) is 0 Å². The molecule has 0 spiro atoms. The average Bonchev–Trinajstić information content (AvgIpc) is 2.73. The predicted molar refractivity (Wildman–Crippen MR) is 121 cm³/mol. The fraction of sp³-hybridized carbons (Fsp3) is 0.875. The number of nitrogens with zero attached hydrogens (tertiary/aromatic N) is 1. The van der Waals surface area contributed by atoms with Crippen molar-refractivity contribution in [1.82, 2.24) is 10.2 Å². The van der Waals surface area contributed by atoms with Crippen LogP contribution in [0, 0.1) is 0 Å². The minimum Gasteiger partial charge on any atom is -0.549 e. The van der Waals surface area contributed by atoms with E-state index in [0.717, 1.165) is 19.3 Å². The summed E-state index contributed by atoms with van der Waals surface area (Å²) in [6, 6.07) is 0. The molecule has 0 atom stereocenters. The van der Waals surface area contributed by atoms with E-state index in [9.17, 15) is 24.6 Å². The number of carbonyl (C=O) groups is 3. The van der Waals surface area contributed by atoms with Gasteiger partial charge in [0, 0.05) is 32.6 Å². The molecule has 0 saturated carbocycles. The van der Waals surface area contributed by atoms with Gasteiger partial charge in [-0.2, -0.15) is 0 Å². The summed E-state index contributed by atoms with van der Waals surface area (Å²) in [6.45, 7) is 2.36. The molecule has 0 aromatic rings. The van der Waals surface area contributed by atoms with E-state index in [1.54, 1.807) is 0 Å². The summed E-state index contributed by atoms with van der Waals surface area (Å²) in [5.74, 6) is -2.59. The summed E-state index contributed by atoms with van der Waals surface area (Å²) < 4.78 is 4.86. The first kappa shape index (κ1) is 38.9. The Morgan fingerprint density at radius 2 is 1.24 bits per heavy atom. The second-order valence-corrected chi connectivity index (χ2v) is 8.42. The molecule has 0 bridgehead atoms. The molecule has 0 radical (unpaired) electrons. The average molecular weight is 503 g/mol. The second-order valence-electron chi connectivity index (χ2n) is 8.42. The van der Waals surface area contributed by atoms with Crippen molar-refractivity contribution in [1.29, 1.82) is 0 Å². The summed E-state index contributed by atoms with van der Waals surface area (Å²) in [5.41, 5.74) is 0. The maximum absolute atomic E-state index is 11.9. The van der Waals surface area contributed by atoms with Crippen LogP contribution in [0.15, 0.2) is 0 Å². The third-order valence-corrected chi connectivity index (χ3v) is 5.38.